The van der Waals surface area contributed by atoms with Crippen molar-refractivity contribution in [1.29, 1.82) is 0 Å². The van der Waals surface area contributed by atoms with Crippen molar-refractivity contribution >= 4 is 17.4 Å². The number of fused-ring (bicyclic) bond motifs is 1. The lowest BCUT2D eigenvalue weighted by molar-refractivity contribution is 0.172. The number of anilines is 1. The standard InChI is InChI=1S/C12H13ClN4O2/c1-6-16-10(12(14)17(6)15)7-4-8(13)11-9(5-7)18-2-3-19-11/h4-5H,2-3,14-15H2,1H3. The van der Waals surface area contributed by atoms with E-state index in [1.54, 1.807) is 19.1 Å². The van der Waals surface area contributed by atoms with Crippen LogP contribution in [0.3, 0.4) is 0 Å². The molecule has 0 amide bonds. The fraction of sp³-hybridized carbons (Fsp3) is 0.250. The number of aryl methyl sites for hydroxylation is 1. The Balaban J connectivity index is 2.15. The van der Waals surface area contributed by atoms with Crippen LogP contribution < -0.4 is 21.1 Å². The lowest BCUT2D eigenvalue weighted by atomic mass is 10.1. The van der Waals surface area contributed by atoms with E-state index in [1.807, 2.05) is 0 Å². The first-order valence-corrected chi connectivity index (χ1v) is 6.15. The molecule has 2 aromatic rings. The normalized spacial score (nSPS) is 13.6. The molecule has 3 rings (SSSR count). The molecule has 19 heavy (non-hydrogen) atoms. The molecule has 0 bridgehead atoms. The summed E-state index contributed by atoms with van der Waals surface area (Å²) in [7, 11) is 0. The van der Waals surface area contributed by atoms with Crippen molar-refractivity contribution in [3.8, 4) is 22.8 Å². The Kier molecular flexibility index (Phi) is 2.67. The Morgan fingerprint density at radius 3 is 2.74 bits per heavy atom. The average molecular weight is 281 g/mol. The monoisotopic (exact) mass is 280 g/mol. The Bertz CT molecular complexity index is 654. The van der Waals surface area contributed by atoms with Gasteiger partial charge in [-0.15, -0.1) is 0 Å². The maximum atomic E-state index is 6.18. The number of hydrogen-bond donors (Lipinski definition) is 2. The van der Waals surface area contributed by atoms with Gasteiger partial charge in [0.2, 0.25) is 0 Å². The van der Waals surface area contributed by atoms with Crippen LogP contribution in [-0.4, -0.2) is 22.9 Å². The van der Waals surface area contributed by atoms with Gasteiger partial charge in [-0.05, 0) is 19.1 Å². The third kappa shape index (κ3) is 1.84. The van der Waals surface area contributed by atoms with Gasteiger partial charge in [0.25, 0.3) is 0 Å². The summed E-state index contributed by atoms with van der Waals surface area (Å²) in [6.45, 7) is 2.76. The van der Waals surface area contributed by atoms with Crippen LogP contribution in [-0.2, 0) is 0 Å². The minimum atomic E-state index is 0.380. The summed E-state index contributed by atoms with van der Waals surface area (Å²) >= 11 is 6.18. The molecule has 1 aromatic carbocycles. The summed E-state index contributed by atoms with van der Waals surface area (Å²) in [6.07, 6.45) is 0. The zero-order valence-corrected chi connectivity index (χ0v) is 11.1. The first-order valence-electron chi connectivity index (χ1n) is 5.77. The molecule has 100 valence electrons. The van der Waals surface area contributed by atoms with Gasteiger partial charge < -0.3 is 21.1 Å². The van der Waals surface area contributed by atoms with Crippen LogP contribution in [0.4, 0.5) is 5.82 Å². The summed E-state index contributed by atoms with van der Waals surface area (Å²) in [6, 6.07) is 3.55. The molecule has 6 nitrogen and oxygen atoms in total. The number of rotatable bonds is 1. The second kappa shape index (κ2) is 4.24. The molecule has 1 aromatic heterocycles. The van der Waals surface area contributed by atoms with Gasteiger partial charge in [-0.2, -0.15) is 0 Å². The van der Waals surface area contributed by atoms with E-state index in [0.29, 0.717) is 47.1 Å². The number of halogens is 1. The lowest BCUT2D eigenvalue weighted by Crippen LogP contribution is -2.15. The van der Waals surface area contributed by atoms with Crippen LogP contribution in [0.2, 0.25) is 5.02 Å². The quantitative estimate of drug-likeness (QED) is 0.774. The Labute approximate surface area is 114 Å². The number of nitrogen functional groups attached to an aromatic ring is 2. The van der Waals surface area contributed by atoms with Crippen molar-refractivity contribution in [3.63, 3.8) is 0 Å². The van der Waals surface area contributed by atoms with E-state index in [2.05, 4.69) is 4.98 Å². The van der Waals surface area contributed by atoms with Crippen molar-refractivity contribution in [2.45, 2.75) is 6.92 Å². The van der Waals surface area contributed by atoms with Crippen LogP contribution in [0, 0.1) is 6.92 Å². The number of ether oxygens (including phenoxy) is 2. The van der Waals surface area contributed by atoms with Crippen LogP contribution in [0.25, 0.3) is 11.3 Å². The van der Waals surface area contributed by atoms with E-state index in [1.165, 1.54) is 4.68 Å². The number of aromatic nitrogens is 2. The largest absolute Gasteiger partial charge is 0.486 e. The Morgan fingerprint density at radius 2 is 2.05 bits per heavy atom. The highest BCUT2D eigenvalue weighted by atomic mass is 35.5. The number of hydrogen-bond acceptors (Lipinski definition) is 5. The summed E-state index contributed by atoms with van der Waals surface area (Å²) in [5.74, 6) is 7.91. The minimum Gasteiger partial charge on any atom is -0.486 e. The molecule has 0 spiro atoms. The number of benzene rings is 1. The molecule has 2 heterocycles. The summed E-state index contributed by atoms with van der Waals surface area (Å²) in [4.78, 5) is 4.33. The van der Waals surface area contributed by atoms with Crippen molar-refractivity contribution in [2.24, 2.45) is 0 Å². The summed E-state index contributed by atoms with van der Waals surface area (Å²) < 4.78 is 12.3. The molecule has 4 N–H and O–H groups in total. The fourth-order valence-corrected chi connectivity index (χ4v) is 2.29. The van der Waals surface area contributed by atoms with Gasteiger partial charge in [0.1, 0.15) is 24.7 Å². The van der Waals surface area contributed by atoms with Gasteiger partial charge in [0.05, 0.1) is 5.02 Å². The highest BCUT2D eigenvalue weighted by Gasteiger charge is 2.20. The molecule has 0 radical (unpaired) electrons. The maximum Gasteiger partial charge on any atom is 0.179 e. The van der Waals surface area contributed by atoms with Crippen molar-refractivity contribution < 1.29 is 9.47 Å². The van der Waals surface area contributed by atoms with E-state index in [4.69, 9.17) is 32.7 Å². The first kappa shape index (κ1) is 12.0. The number of nitrogens with two attached hydrogens (primary N) is 2. The molecule has 0 atom stereocenters. The second-order valence-corrected chi connectivity index (χ2v) is 4.65. The predicted molar refractivity (Wildman–Crippen MR) is 73.0 cm³/mol. The SMILES string of the molecule is Cc1nc(-c2cc(Cl)c3c(c2)OCCO3)c(N)n1N. The van der Waals surface area contributed by atoms with Crippen molar-refractivity contribution in [1.82, 2.24) is 9.66 Å². The topological polar surface area (TPSA) is 88.3 Å². The maximum absolute atomic E-state index is 6.18. The third-order valence-corrected chi connectivity index (χ3v) is 3.28. The van der Waals surface area contributed by atoms with Gasteiger partial charge in [0.15, 0.2) is 17.3 Å². The number of imidazole rings is 1. The third-order valence-electron chi connectivity index (χ3n) is 2.99. The summed E-state index contributed by atoms with van der Waals surface area (Å²) in [5.41, 5.74) is 7.25. The molecule has 0 unspecified atom stereocenters. The van der Waals surface area contributed by atoms with E-state index in [9.17, 15) is 0 Å². The molecular weight excluding hydrogens is 268 g/mol. The van der Waals surface area contributed by atoms with Crippen LogP contribution >= 0.6 is 11.6 Å². The second-order valence-electron chi connectivity index (χ2n) is 4.25. The Hall–Kier alpha value is -2.08. The van der Waals surface area contributed by atoms with Gasteiger partial charge >= 0.3 is 0 Å². The molecule has 7 heteroatoms. The van der Waals surface area contributed by atoms with E-state index in [-0.39, 0.29) is 0 Å². The zero-order chi connectivity index (χ0) is 13.6. The molecule has 0 aliphatic carbocycles. The van der Waals surface area contributed by atoms with Crippen LogP contribution in [0.15, 0.2) is 12.1 Å². The van der Waals surface area contributed by atoms with E-state index >= 15 is 0 Å². The van der Waals surface area contributed by atoms with Gasteiger partial charge in [-0.1, -0.05) is 11.6 Å². The van der Waals surface area contributed by atoms with Crippen LogP contribution in [0.5, 0.6) is 11.5 Å². The summed E-state index contributed by atoms with van der Waals surface area (Å²) in [5, 5.41) is 0.468. The fourth-order valence-electron chi connectivity index (χ4n) is 2.02. The average Bonchev–Trinajstić information content (AvgIpc) is 2.66. The zero-order valence-electron chi connectivity index (χ0n) is 10.3. The van der Waals surface area contributed by atoms with Crippen molar-refractivity contribution in [2.75, 3.05) is 24.8 Å². The van der Waals surface area contributed by atoms with E-state index < -0.39 is 0 Å². The molecule has 1 aliphatic heterocycles. The smallest absolute Gasteiger partial charge is 0.179 e. The lowest BCUT2D eigenvalue weighted by Gasteiger charge is -2.20. The Morgan fingerprint density at radius 1 is 1.32 bits per heavy atom. The molecule has 1 aliphatic rings. The van der Waals surface area contributed by atoms with Gasteiger partial charge in [-0.25, -0.2) is 9.66 Å². The molecule has 0 saturated carbocycles. The van der Waals surface area contributed by atoms with Crippen LogP contribution in [0.1, 0.15) is 5.82 Å². The number of nitrogens with zero attached hydrogens (tertiary/aromatic N) is 2. The van der Waals surface area contributed by atoms with Gasteiger partial charge in [-0.3, -0.25) is 0 Å². The van der Waals surface area contributed by atoms with Gasteiger partial charge in [0, 0.05) is 5.56 Å². The first-order chi connectivity index (χ1) is 9.08. The minimum absolute atomic E-state index is 0.380. The highest BCUT2D eigenvalue weighted by molar-refractivity contribution is 6.32. The molecule has 0 fully saturated rings. The highest BCUT2D eigenvalue weighted by Crippen LogP contribution is 2.41. The molecular formula is C12H13ClN4O2. The predicted octanol–water partition coefficient (Wildman–Crippen LogP) is 1.58. The van der Waals surface area contributed by atoms with Crippen molar-refractivity contribution in [3.05, 3.63) is 23.0 Å². The molecule has 0 saturated heterocycles. The van der Waals surface area contributed by atoms with E-state index in [0.717, 1.165) is 5.56 Å².